The molecule has 1 aromatic carbocycles. The fourth-order valence-corrected chi connectivity index (χ4v) is 3.69. The fraction of sp³-hybridized carbons (Fsp3) is 0.500. The summed E-state index contributed by atoms with van der Waals surface area (Å²) in [5.41, 5.74) is 10.9. The van der Waals surface area contributed by atoms with Crippen LogP contribution in [-0.2, 0) is 0 Å². The number of rotatable bonds is 3. The van der Waals surface area contributed by atoms with E-state index < -0.39 is 0 Å². The molecule has 2 heterocycles. The Morgan fingerprint density at radius 3 is 2.60 bits per heavy atom. The highest BCUT2D eigenvalue weighted by atomic mass is 16.5. The van der Waals surface area contributed by atoms with Crippen LogP contribution in [0.15, 0.2) is 22.7 Å². The van der Waals surface area contributed by atoms with E-state index in [1.807, 2.05) is 36.9 Å². The minimum absolute atomic E-state index is 0.128. The van der Waals surface area contributed by atoms with Crippen molar-refractivity contribution in [1.29, 1.82) is 0 Å². The Labute approximate surface area is 149 Å². The molecule has 0 spiro atoms. The number of piperidine rings is 1. The largest absolute Gasteiger partial charge is 0.367 e. The lowest BCUT2D eigenvalue weighted by atomic mass is 9.88. The van der Waals surface area contributed by atoms with Gasteiger partial charge in [0.25, 0.3) is 5.91 Å². The van der Waals surface area contributed by atoms with E-state index in [0.29, 0.717) is 11.8 Å². The van der Waals surface area contributed by atoms with Crippen molar-refractivity contribution in [3.8, 4) is 0 Å². The van der Waals surface area contributed by atoms with Crippen molar-refractivity contribution in [2.24, 2.45) is 0 Å². The molecule has 5 heteroatoms. The topological polar surface area (TPSA) is 72.4 Å². The first-order valence-electron chi connectivity index (χ1n) is 9.00. The van der Waals surface area contributed by atoms with Gasteiger partial charge >= 0.3 is 0 Å². The molecular weight excluding hydrogens is 314 g/mol. The van der Waals surface area contributed by atoms with Gasteiger partial charge in [0.2, 0.25) is 5.88 Å². The molecule has 134 valence electrons. The molecule has 1 fully saturated rings. The summed E-state index contributed by atoms with van der Waals surface area (Å²) in [6.45, 7) is 9.69. The lowest BCUT2D eigenvalue weighted by Crippen LogP contribution is -2.38. The minimum Gasteiger partial charge on any atom is -0.367 e. The molecular formula is C20H27N3O2. The van der Waals surface area contributed by atoms with Crippen molar-refractivity contribution < 1.29 is 9.32 Å². The normalized spacial score (nSPS) is 15.8. The number of hydrogen-bond donors (Lipinski definition) is 1. The molecule has 0 atom stereocenters. The molecule has 1 aliphatic heterocycles. The van der Waals surface area contributed by atoms with Crippen molar-refractivity contribution in [3.63, 3.8) is 0 Å². The van der Waals surface area contributed by atoms with Gasteiger partial charge in [-0.2, -0.15) is 0 Å². The van der Waals surface area contributed by atoms with Crippen molar-refractivity contribution in [1.82, 2.24) is 10.1 Å². The predicted octanol–water partition coefficient (Wildman–Crippen LogP) is 4.02. The van der Waals surface area contributed by atoms with Crippen molar-refractivity contribution >= 4 is 11.8 Å². The molecule has 0 saturated carbocycles. The second-order valence-electron chi connectivity index (χ2n) is 7.39. The van der Waals surface area contributed by atoms with Gasteiger partial charge < -0.3 is 15.2 Å². The first kappa shape index (κ1) is 17.5. The number of carbonyl (C=O) groups is 1. The average Bonchev–Trinajstić information content (AvgIpc) is 2.98. The molecule has 3 rings (SSSR count). The van der Waals surface area contributed by atoms with Crippen LogP contribution in [0.2, 0.25) is 0 Å². The third-order valence-electron chi connectivity index (χ3n) is 5.15. The summed E-state index contributed by atoms with van der Waals surface area (Å²) in [7, 11) is 0. The highest BCUT2D eigenvalue weighted by Gasteiger charge is 2.30. The van der Waals surface area contributed by atoms with E-state index in [1.165, 1.54) is 0 Å². The lowest BCUT2D eigenvalue weighted by molar-refractivity contribution is 0.0710. The Morgan fingerprint density at radius 1 is 1.28 bits per heavy atom. The quantitative estimate of drug-likeness (QED) is 0.915. The van der Waals surface area contributed by atoms with Gasteiger partial charge in [0.15, 0.2) is 0 Å². The molecule has 0 radical (unpaired) electrons. The summed E-state index contributed by atoms with van der Waals surface area (Å²) in [6, 6.07) is 6.04. The van der Waals surface area contributed by atoms with Gasteiger partial charge in [0.1, 0.15) is 0 Å². The number of hydrogen-bond acceptors (Lipinski definition) is 4. The third kappa shape index (κ3) is 3.41. The van der Waals surface area contributed by atoms with Crippen LogP contribution in [0, 0.1) is 13.8 Å². The van der Waals surface area contributed by atoms with Crippen molar-refractivity contribution in [3.05, 3.63) is 46.1 Å². The smallest absolute Gasteiger partial charge is 0.254 e. The molecule has 1 amide bonds. The van der Waals surface area contributed by atoms with Crippen LogP contribution in [0.1, 0.15) is 71.3 Å². The summed E-state index contributed by atoms with van der Waals surface area (Å²) in [5, 5.41) is 4.21. The highest BCUT2D eigenvalue weighted by Crippen LogP contribution is 2.36. The average molecular weight is 341 g/mol. The number of carbonyl (C=O) groups excluding carboxylic acids is 1. The van der Waals surface area contributed by atoms with E-state index in [4.69, 9.17) is 10.3 Å². The summed E-state index contributed by atoms with van der Waals surface area (Å²) in [6.07, 6.45) is 1.78. The predicted molar refractivity (Wildman–Crippen MR) is 98.8 cm³/mol. The van der Waals surface area contributed by atoms with E-state index in [-0.39, 0.29) is 11.8 Å². The maximum atomic E-state index is 12.9. The van der Waals surface area contributed by atoms with Crippen LogP contribution in [0.5, 0.6) is 0 Å². The summed E-state index contributed by atoms with van der Waals surface area (Å²) in [5.74, 6) is 1.15. The molecule has 25 heavy (non-hydrogen) atoms. The van der Waals surface area contributed by atoms with E-state index in [9.17, 15) is 4.79 Å². The first-order chi connectivity index (χ1) is 11.9. The molecule has 5 nitrogen and oxygen atoms in total. The second kappa shape index (κ2) is 6.90. The Balaban J connectivity index is 1.72. The number of aryl methyl sites for hydroxylation is 2. The van der Waals surface area contributed by atoms with Crippen LogP contribution >= 0.6 is 0 Å². The van der Waals surface area contributed by atoms with Crippen molar-refractivity contribution in [2.45, 2.75) is 52.4 Å². The van der Waals surface area contributed by atoms with E-state index in [0.717, 1.165) is 53.9 Å². The maximum Gasteiger partial charge on any atom is 0.254 e. The molecule has 0 aliphatic carbocycles. The zero-order valence-electron chi connectivity index (χ0n) is 15.5. The Morgan fingerprint density at radius 2 is 1.96 bits per heavy atom. The molecule has 2 aromatic rings. The zero-order chi connectivity index (χ0) is 18.1. The van der Waals surface area contributed by atoms with Gasteiger partial charge in [0.05, 0.1) is 5.69 Å². The fourth-order valence-electron chi connectivity index (χ4n) is 3.69. The number of benzene rings is 1. The van der Waals surface area contributed by atoms with Gasteiger partial charge in [0, 0.05) is 30.1 Å². The number of anilines is 1. The van der Waals surface area contributed by atoms with Gasteiger partial charge in [-0.3, -0.25) is 4.79 Å². The Bertz CT molecular complexity index is 771. The van der Waals surface area contributed by atoms with Gasteiger partial charge in [-0.1, -0.05) is 36.7 Å². The van der Waals surface area contributed by atoms with E-state index in [2.05, 4.69) is 19.0 Å². The van der Waals surface area contributed by atoms with Crippen LogP contribution in [-0.4, -0.2) is 29.1 Å². The third-order valence-corrected chi connectivity index (χ3v) is 5.15. The summed E-state index contributed by atoms with van der Waals surface area (Å²) < 4.78 is 5.23. The number of aromatic nitrogens is 1. The Kier molecular flexibility index (Phi) is 4.84. The number of nitrogens with zero attached hydrogens (tertiary/aromatic N) is 2. The molecule has 1 aromatic heterocycles. The number of nitrogens with two attached hydrogens (primary N) is 1. The van der Waals surface area contributed by atoms with Crippen LogP contribution < -0.4 is 5.73 Å². The van der Waals surface area contributed by atoms with E-state index >= 15 is 0 Å². The van der Waals surface area contributed by atoms with Crippen molar-refractivity contribution in [2.75, 3.05) is 18.8 Å². The standard InChI is InChI=1S/C20H27N3O2/c1-12(2)17-18(22-25-19(17)21)15-7-9-23(10-8-15)20(24)16-11-13(3)5-6-14(16)4/h5-6,11-12,15H,7-10,21H2,1-4H3. The minimum atomic E-state index is 0.128. The lowest BCUT2D eigenvalue weighted by Gasteiger charge is -2.32. The Hall–Kier alpha value is -2.30. The monoisotopic (exact) mass is 341 g/mol. The van der Waals surface area contributed by atoms with Gasteiger partial charge in [-0.15, -0.1) is 0 Å². The summed E-state index contributed by atoms with van der Waals surface area (Å²) in [4.78, 5) is 14.8. The number of amides is 1. The molecule has 1 aliphatic rings. The number of likely N-dealkylation sites (tertiary alicyclic amines) is 1. The number of nitrogen functional groups attached to an aromatic ring is 1. The highest BCUT2D eigenvalue weighted by molar-refractivity contribution is 5.95. The molecule has 1 saturated heterocycles. The van der Waals surface area contributed by atoms with Crippen LogP contribution in [0.25, 0.3) is 0 Å². The molecule has 2 N–H and O–H groups in total. The first-order valence-corrected chi connectivity index (χ1v) is 9.00. The van der Waals surface area contributed by atoms with Crippen LogP contribution in [0.3, 0.4) is 0 Å². The zero-order valence-corrected chi connectivity index (χ0v) is 15.5. The van der Waals surface area contributed by atoms with Gasteiger partial charge in [-0.05, 0) is 44.2 Å². The SMILES string of the molecule is Cc1ccc(C)c(C(=O)N2CCC(c3noc(N)c3C(C)C)CC2)c1. The van der Waals surface area contributed by atoms with E-state index in [1.54, 1.807) is 0 Å². The van der Waals surface area contributed by atoms with Gasteiger partial charge in [-0.25, -0.2) is 0 Å². The molecule has 0 bridgehead atoms. The van der Waals surface area contributed by atoms with Crippen LogP contribution in [0.4, 0.5) is 5.88 Å². The second-order valence-corrected chi connectivity index (χ2v) is 7.39. The molecule has 0 unspecified atom stereocenters. The maximum absolute atomic E-state index is 12.9. The summed E-state index contributed by atoms with van der Waals surface area (Å²) >= 11 is 0.